The fraction of sp³-hybridized carbons (Fsp3) is 0.214. The maximum Gasteiger partial charge on any atom is 0.344 e. The lowest BCUT2D eigenvalue weighted by atomic mass is 10.3. The van der Waals surface area contributed by atoms with Crippen LogP contribution in [0.25, 0.3) is 0 Å². The zero-order chi connectivity index (χ0) is 15.9. The Morgan fingerprint density at radius 2 is 2.09 bits per heavy atom. The van der Waals surface area contributed by atoms with Crippen LogP contribution >= 0.6 is 0 Å². The summed E-state index contributed by atoms with van der Waals surface area (Å²) in [5.74, 6) is -1.27. The number of benzene rings is 1. The first-order chi connectivity index (χ1) is 10.5. The molecule has 0 spiro atoms. The first-order valence-corrected chi connectivity index (χ1v) is 6.30. The van der Waals surface area contributed by atoms with Crippen molar-refractivity contribution >= 4 is 17.7 Å². The highest BCUT2D eigenvalue weighted by atomic mass is 19.1. The van der Waals surface area contributed by atoms with E-state index in [-0.39, 0.29) is 11.6 Å². The van der Waals surface area contributed by atoms with Crippen molar-refractivity contribution in [3.05, 3.63) is 41.9 Å². The summed E-state index contributed by atoms with van der Waals surface area (Å²) in [4.78, 5) is 22.9. The minimum Gasteiger partial charge on any atom is -0.479 e. The van der Waals surface area contributed by atoms with Crippen molar-refractivity contribution in [1.82, 2.24) is 5.16 Å². The molecule has 0 aliphatic heterocycles. The number of amides is 1. The van der Waals surface area contributed by atoms with Crippen LogP contribution in [0.5, 0.6) is 5.75 Å². The predicted octanol–water partition coefficient (Wildman–Crippen LogP) is 1.68. The molecule has 0 aliphatic rings. The third-order valence-corrected chi connectivity index (χ3v) is 2.44. The third kappa shape index (κ3) is 4.58. The van der Waals surface area contributed by atoms with Gasteiger partial charge in [-0.25, -0.2) is 9.18 Å². The van der Waals surface area contributed by atoms with Crippen LogP contribution in [0, 0.1) is 12.7 Å². The van der Waals surface area contributed by atoms with E-state index in [2.05, 4.69) is 15.2 Å². The van der Waals surface area contributed by atoms with Crippen LogP contribution in [0.4, 0.5) is 10.2 Å². The van der Waals surface area contributed by atoms with Crippen molar-refractivity contribution in [1.29, 1.82) is 0 Å². The van der Waals surface area contributed by atoms with Crippen molar-refractivity contribution in [3.8, 4) is 5.75 Å². The topological polar surface area (TPSA) is 90.7 Å². The molecule has 2 rings (SSSR count). The van der Waals surface area contributed by atoms with E-state index in [0.29, 0.717) is 5.76 Å². The number of nitrogens with zero attached hydrogens (tertiary/aromatic N) is 1. The molecule has 0 aliphatic carbocycles. The van der Waals surface area contributed by atoms with Crippen LogP contribution < -0.4 is 10.1 Å². The second-order valence-electron chi connectivity index (χ2n) is 4.25. The average molecular weight is 308 g/mol. The van der Waals surface area contributed by atoms with Crippen molar-refractivity contribution < 1.29 is 28.0 Å². The van der Waals surface area contributed by atoms with Crippen LogP contribution in [0.2, 0.25) is 0 Å². The zero-order valence-electron chi connectivity index (χ0n) is 11.7. The molecule has 22 heavy (non-hydrogen) atoms. The second kappa shape index (κ2) is 7.21. The van der Waals surface area contributed by atoms with Gasteiger partial charge in [0, 0.05) is 6.07 Å². The van der Waals surface area contributed by atoms with Gasteiger partial charge in [-0.3, -0.25) is 4.79 Å². The first kappa shape index (κ1) is 15.5. The summed E-state index contributed by atoms with van der Waals surface area (Å²) in [5.41, 5.74) is 0. The quantitative estimate of drug-likeness (QED) is 0.817. The van der Waals surface area contributed by atoms with E-state index in [0.717, 1.165) is 0 Å². The van der Waals surface area contributed by atoms with E-state index in [1.807, 2.05) is 0 Å². The third-order valence-electron chi connectivity index (χ3n) is 2.44. The molecule has 0 bridgehead atoms. The maximum atomic E-state index is 13.2. The van der Waals surface area contributed by atoms with Crippen LogP contribution in [0.1, 0.15) is 5.76 Å². The number of hydrogen-bond donors (Lipinski definition) is 1. The van der Waals surface area contributed by atoms with Gasteiger partial charge in [0.25, 0.3) is 5.91 Å². The Hall–Kier alpha value is -2.90. The van der Waals surface area contributed by atoms with Gasteiger partial charge in [-0.05, 0) is 19.1 Å². The number of nitrogens with one attached hydrogen (secondary N) is 1. The lowest BCUT2D eigenvalue weighted by molar-refractivity contribution is -0.149. The van der Waals surface area contributed by atoms with Crippen LogP contribution in [-0.4, -0.2) is 30.2 Å². The van der Waals surface area contributed by atoms with E-state index in [4.69, 9.17) is 9.26 Å². The van der Waals surface area contributed by atoms with Crippen molar-refractivity contribution in [3.63, 3.8) is 0 Å². The highest BCUT2D eigenvalue weighted by Gasteiger charge is 2.11. The SMILES string of the molecule is Cc1cc(NC(=O)COC(=O)COc2ccccc2F)no1. The standard InChI is InChI=1S/C14H13FN2O5/c1-9-6-12(17-22-9)16-13(18)7-21-14(19)8-20-11-5-3-2-4-10(11)15/h2-6H,7-8H2,1H3,(H,16,17,18). The molecule has 1 N–H and O–H groups in total. The van der Waals surface area contributed by atoms with Crippen LogP contribution in [0.15, 0.2) is 34.9 Å². The molecule has 1 heterocycles. The number of para-hydroxylation sites is 1. The smallest absolute Gasteiger partial charge is 0.344 e. The van der Waals surface area contributed by atoms with Gasteiger partial charge < -0.3 is 19.3 Å². The van der Waals surface area contributed by atoms with E-state index in [1.165, 1.54) is 24.3 Å². The number of rotatable bonds is 6. The summed E-state index contributed by atoms with van der Waals surface area (Å²) in [7, 11) is 0. The molecule has 0 saturated heterocycles. The lowest BCUT2D eigenvalue weighted by Crippen LogP contribution is -2.23. The predicted molar refractivity (Wildman–Crippen MR) is 72.7 cm³/mol. The van der Waals surface area contributed by atoms with E-state index >= 15 is 0 Å². The number of hydrogen-bond acceptors (Lipinski definition) is 6. The number of carbonyl (C=O) groups is 2. The van der Waals surface area contributed by atoms with Gasteiger partial charge in [0.1, 0.15) is 5.76 Å². The summed E-state index contributed by atoms with van der Waals surface area (Å²) < 4.78 is 27.6. The summed E-state index contributed by atoms with van der Waals surface area (Å²) >= 11 is 0. The molecular formula is C14H13FN2O5. The number of anilines is 1. The van der Waals surface area contributed by atoms with Gasteiger partial charge >= 0.3 is 5.97 Å². The summed E-state index contributed by atoms with van der Waals surface area (Å²) in [6.07, 6.45) is 0. The van der Waals surface area contributed by atoms with Gasteiger partial charge in [0.15, 0.2) is 30.6 Å². The summed E-state index contributed by atoms with van der Waals surface area (Å²) in [5, 5.41) is 5.93. The number of esters is 1. The highest BCUT2D eigenvalue weighted by Crippen LogP contribution is 2.15. The number of aryl methyl sites for hydroxylation is 1. The van der Waals surface area contributed by atoms with Gasteiger partial charge in [0.05, 0.1) is 0 Å². The molecule has 0 saturated carbocycles. The van der Waals surface area contributed by atoms with Crippen molar-refractivity contribution in [2.45, 2.75) is 6.92 Å². The van der Waals surface area contributed by atoms with Gasteiger partial charge in [-0.1, -0.05) is 17.3 Å². The fourth-order valence-corrected chi connectivity index (χ4v) is 1.49. The molecule has 1 aromatic heterocycles. The normalized spacial score (nSPS) is 10.1. The minimum absolute atomic E-state index is 0.0676. The van der Waals surface area contributed by atoms with Crippen molar-refractivity contribution in [2.75, 3.05) is 18.5 Å². The summed E-state index contributed by atoms with van der Waals surface area (Å²) in [6, 6.07) is 7.16. The number of carbonyl (C=O) groups excluding carboxylic acids is 2. The first-order valence-electron chi connectivity index (χ1n) is 6.30. The van der Waals surface area contributed by atoms with Gasteiger partial charge in [0.2, 0.25) is 0 Å². The van der Waals surface area contributed by atoms with E-state index < -0.39 is 30.9 Å². The molecule has 2 aromatic rings. The van der Waals surface area contributed by atoms with E-state index in [1.54, 1.807) is 13.0 Å². The molecule has 0 fully saturated rings. The largest absolute Gasteiger partial charge is 0.479 e. The fourth-order valence-electron chi connectivity index (χ4n) is 1.49. The molecule has 0 atom stereocenters. The molecular weight excluding hydrogens is 295 g/mol. The molecule has 116 valence electrons. The van der Waals surface area contributed by atoms with Crippen molar-refractivity contribution in [2.24, 2.45) is 0 Å². The second-order valence-corrected chi connectivity index (χ2v) is 4.25. The molecule has 1 aromatic carbocycles. The Morgan fingerprint density at radius 3 is 2.77 bits per heavy atom. The van der Waals surface area contributed by atoms with Crippen LogP contribution in [-0.2, 0) is 14.3 Å². The molecule has 0 unspecified atom stereocenters. The monoisotopic (exact) mass is 308 g/mol. The Balaban J connectivity index is 1.71. The van der Waals surface area contributed by atoms with Gasteiger partial charge in [-0.15, -0.1) is 0 Å². The Labute approximate surface area is 125 Å². The molecule has 1 amide bonds. The Morgan fingerprint density at radius 1 is 1.32 bits per heavy atom. The zero-order valence-corrected chi connectivity index (χ0v) is 11.7. The maximum absolute atomic E-state index is 13.2. The lowest BCUT2D eigenvalue weighted by Gasteiger charge is -2.07. The number of halogens is 1. The number of aromatic nitrogens is 1. The Bertz CT molecular complexity index is 671. The summed E-state index contributed by atoms with van der Waals surface area (Å²) in [6.45, 7) is 0.658. The number of ether oxygens (including phenoxy) is 2. The molecule has 7 nitrogen and oxygen atoms in total. The average Bonchev–Trinajstić information content (AvgIpc) is 2.89. The molecule has 8 heteroatoms. The highest BCUT2D eigenvalue weighted by molar-refractivity contribution is 5.91. The molecule has 0 radical (unpaired) electrons. The van der Waals surface area contributed by atoms with Crippen LogP contribution in [0.3, 0.4) is 0 Å². The van der Waals surface area contributed by atoms with E-state index in [9.17, 15) is 14.0 Å². The Kier molecular flexibility index (Phi) is 5.07. The van der Waals surface area contributed by atoms with Gasteiger partial charge in [-0.2, -0.15) is 0 Å². The minimum atomic E-state index is -0.797.